The average molecular weight is 179 g/mol. The van der Waals surface area contributed by atoms with Gasteiger partial charge in [0, 0.05) is 6.04 Å². The molecule has 5 heteroatoms. The van der Waals surface area contributed by atoms with Crippen LogP contribution < -0.4 is 0 Å². The predicted octanol–water partition coefficient (Wildman–Crippen LogP) is 0.309. The van der Waals surface area contributed by atoms with Crippen LogP contribution in [-0.2, 0) is 4.52 Å². The topological polar surface area (TPSA) is 52.9 Å². The summed E-state index contributed by atoms with van der Waals surface area (Å²) in [6.07, 6.45) is 2.28. The smallest absolute Gasteiger partial charge is 0.327 e. The van der Waals surface area contributed by atoms with E-state index in [4.69, 9.17) is 14.3 Å². The summed E-state index contributed by atoms with van der Waals surface area (Å²) in [4.78, 5) is 19.1. The van der Waals surface area contributed by atoms with Crippen LogP contribution in [0.3, 0.4) is 0 Å². The van der Waals surface area contributed by atoms with Crippen molar-refractivity contribution in [1.29, 1.82) is 0 Å². The predicted molar refractivity (Wildman–Crippen MR) is 43.0 cm³/mol. The molecule has 0 bridgehead atoms. The van der Waals surface area contributed by atoms with Crippen molar-refractivity contribution in [3.63, 3.8) is 0 Å². The van der Waals surface area contributed by atoms with E-state index < -0.39 is 8.60 Å². The largest absolute Gasteiger partial charge is 0.328 e. The molecule has 1 aliphatic rings. The van der Waals surface area contributed by atoms with Gasteiger partial charge in [0.15, 0.2) is 0 Å². The first-order valence-corrected chi connectivity index (χ1v) is 4.87. The lowest BCUT2D eigenvalue weighted by Gasteiger charge is -2.18. The number of likely N-dealkylation sites (tertiary alicyclic amines) is 1. The molecule has 1 aliphatic heterocycles. The van der Waals surface area contributed by atoms with Crippen molar-refractivity contribution in [3.8, 4) is 0 Å². The van der Waals surface area contributed by atoms with Gasteiger partial charge < -0.3 is 19.2 Å². The summed E-state index contributed by atoms with van der Waals surface area (Å²) in [5.74, 6) is 0. The quantitative estimate of drug-likeness (QED) is 0.612. The van der Waals surface area contributed by atoms with E-state index in [1.54, 1.807) is 0 Å². The van der Waals surface area contributed by atoms with Gasteiger partial charge in [-0.1, -0.05) is 0 Å². The Bertz CT molecular complexity index is 122. The minimum atomic E-state index is -2.16. The van der Waals surface area contributed by atoms with E-state index in [2.05, 4.69) is 4.90 Å². The molecule has 1 heterocycles. The van der Waals surface area contributed by atoms with E-state index in [-0.39, 0.29) is 0 Å². The zero-order valence-corrected chi connectivity index (χ0v) is 7.50. The molecular weight excluding hydrogens is 165 g/mol. The first-order valence-electron chi connectivity index (χ1n) is 3.71. The van der Waals surface area contributed by atoms with Crippen LogP contribution >= 0.6 is 8.60 Å². The summed E-state index contributed by atoms with van der Waals surface area (Å²) < 4.78 is 4.73. The highest BCUT2D eigenvalue weighted by Crippen LogP contribution is 2.26. The van der Waals surface area contributed by atoms with Crippen molar-refractivity contribution in [2.75, 3.05) is 20.2 Å². The van der Waals surface area contributed by atoms with Gasteiger partial charge in [0.1, 0.15) is 0 Å². The Morgan fingerprint density at radius 1 is 1.64 bits per heavy atom. The number of hydrogen-bond acceptors (Lipinski definition) is 4. The van der Waals surface area contributed by atoms with Crippen molar-refractivity contribution in [1.82, 2.24) is 4.90 Å². The molecule has 1 atom stereocenters. The zero-order valence-electron chi connectivity index (χ0n) is 6.60. The van der Waals surface area contributed by atoms with Crippen molar-refractivity contribution in [3.05, 3.63) is 0 Å². The summed E-state index contributed by atoms with van der Waals surface area (Å²) in [5.41, 5.74) is 0. The molecule has 4 nitrogen and oxygen atoms in total. The molecule has 11 heavy (non-hydrogen) atoms. The van der Waals surface area contributed by atoms with Gasteiger partial charge in [0.2, 0.25) is 0 Å². The van der Waals surface area contributed by atoms with Crippen LogP contribution in [0.15, 0.2) is 0 Å². The standard InChI is InChI=1S/C6H14NO3P/c1-7-4-2-3-6(7)5-10-11(8)9/h6,8-9H,2-5H2,1H3. The lowest BCUT2D eigenvalue weighted by atomic mass is 10.2. The number of nitrogens with zero attached hydrogens (tertiary/aromatic N) is 1. The Balaban J connectivity index is 2.15. The lowest BCUT2D eigenvalue weighted by Crippen LogP contribution is -2.28. The van der Waals surface area contributed by atoms with Crippen molar-refractivity contribution in [2.45, 2.75) is 18.9 Å². The van der Waals surface area contributed by atoms with Gasteiger partial charge in [0.05, 0.1) is 6.61 Å². The molecule has 0 radical (unpaired) electrons. The molecule has 2 N–H and O–H groups in total. The number of rotatable bonds is 3. The summed E-state index contributed by atoms with van der Waals surface area (Å²) in [7, 11) is -0.137. The highest BCUT2D eigenvalue weighted by molar-refractivity contribution is 7.39. The molecular formula is C6H14NO3P. The summed E-state index contributed by atoms with van der Waals surface area (Å²) >= 11 is 0. The Kier molecular flexibility index (Phi) is 3.69. The summed E-state index contributed by atoms with van der Waals surface area (Å²) in [6, 6.07) is 0.374. The van der Waals surface area contributed by atoms with Crippen molar-refractivity contribution in [2.24, 2.45) is 0 Å². The SMILES string of the molecule is CN1CCCC1COP(O)O. The molecule has 0 aromatic rings. The highest BCUT2D eigenvalue weighted by atomic mass is 31.2. The molecule has 0 saturated carbocycles. The minimum absolute atomic E-state index is 0.374. The van der Waals surface area contributed by atoms with E-state index in [1.807, 2.05) is 7.05 Å². The third-order valence-corrected chi connectivity index (χ3v) is 2.43. The fourth-order valence-electron chi connectivity index (χ4n) is 1.34. The minimum Gasteiger partial charge on any atom is -0.328 e. The van der Waals surface area contributed by atoms with Gasteiger partial charge in [-0.15, -0.1) is 0 Å². The van der Waals surface area contributed by atoms with Crippen molar-refractivity contribution < 1.29 is 14.3 Å². The van der Waals surface area contributed by atoms with Crippen LogP contribution in [0, 0.1) is 0 Å². The third kappa shape index (κ3) is 3.01. The Hall–Kier alpha value is 0.270. The molecule has 0 aromatic heterocycles. The monoisotopic (exact) mass is 179 g/mol. The normalized spacial score (nSPS) is 26.7. The van der Waals surface area contributed by atoms with Gasteiger partial charge in [-0.25, -0.2) is 0 Å². The fraction of sp³-hybridized carbons (Fsp3) is 1.00. The molecule has 1 unspecified atom stereocenters. The molecule has 66 valence electrons. The van der Waals surface area contributed by atoms with Gasteiger partial charge in [-0.2, -0.15) is 0 Å². The van der Waals surface area contributed by atoms with Crippen LogP contribution in [0.25, 0.3) is 0 Å². The maximum Gasteiger partial charge on any atom is 0.327 e. The molecule has 1 saturated heterocycles. The van der Waals surface area contributed by atoms with Gasteiger partial charge in [-0.05, 0) is 26.4 Å². The van der Waals surface area contributed by atoms with E-state index in [0.29, 0.717) is 12.6 Å². The van der Waals surface area contributed by atoms with E-state index in [0.717, 1.165) is 13.0 Å². The van der Waals surface area contributed by atoms with Crippen molar-refractivity contribution >= 4 is 8.60 Å². The first kappa shape index (κ1) is 9.36. The van der Waals surface area contributed by atoms with E-state index in [9.17, 15) is 0 Å². The molecule has 0 aromatic carbocycles. The summed E-state index contributed by atoms with van der Waals surface area (Å²) in [5, 5.41) is 0. The van der Waals surface area contributed by atoms with Gasteiger partial charge in [-0.3, -0.25) is 0 Å². The Morgan fingerprint density at radius 2 is 2.36 bits per heavy atom. The second kappa shape index (κ2) is 4.33. The maximum absolute atomic E-state index is 8.48. The molecule has 0 amide bonds. The first-order chi connectivity index (χ1) is 5.20. The second-order valence-electron chi connectivity index (χ2n) is 2.83. The molecule has 1 fully saturated rings. The van der Waals surface area contributed by atoms with Crippen LogP contribution in [0.1, 0.15) is 12.8 Å². The van der Waals surface area contributed by atoms with Crippen LogP contribution in [0.4, 0.5) is 0 Å². The average Bonchev–Trinajstić information content (AvgIpc) is 2.31. The van der Waals surface area contributed by atoms with Crippen LogP contribution in [0.5, 0.6) is 0 Å². The summed E-state index contributed by atoms with van der Waals surface area (Å²) in [6.45, 7) is 1.53. The molecule has 0 aliphatic carbocycles. The Morgan fingerprint density at radius 3 is 2.82 bits per heavy atom. The zero-order chi connectivity index (χ0) is 8.27. The fourth-order valence-corrected chi connectivity index (χ4v) is 1.65. The van der Waals surface area contributed by atoms with Crippen LogP contribution in [0.2, 0.25) is 0 Å². The van der Waals surface area contributed by atoms with Crippen LogP contribution in [-0.4, -0.2) is 40.9 Å². The van der Waals surface area contributed by atoms with Gasteiger partial charge in [0.25, 0.3) is 0 Å². The molecule has 0 spiro atoms. The Labute approximate surface area is 67.8 Å². The highest BCUT2D eigenvalue weighted by Gasteiger charge is 2.21. The molecule has 1 rings (SSSR count). The maximum atomic E-state index is 8.48. The lowest BCUT2D eigenvalue weighted by molar-refractivity contribution is 0.177. The van der Waals surface area contributed by atoms with E-state index in [1.165, 1.54) is 6.42 Å². The number of hydrogen-bond donors (Lipinski definition) is 2. The van der Waals surface area contributed by atoms with Gasteiger partial charge >= 0.3 is 8.60 Å². The second-order valence-corrected chi connectivity index (χ2v) is 3.59. The third-order valence-electron chi connectivity index (χ3n) is 2.05. The van der Waals surface area contributed by atoms with E-state index >= 15 is 0 Å². The number of likely N-dealkylation sites (N-methyl/N-ethyl adjacent to an activating group) is 1.